The molecule has 51 heavy (non-hydrogen) atoms. The van der Waals surface area contributed by atoms with Gasteiger partial charge in [-0.1, -0.05) is 130 Å². The van der Waals surface area contributed by atoms with Gasteiger partial charge in [0.05, 0.1) is 11.3 Å². The Labute approximate surface area is 319 Å². The number of furan rings is 1. The molecule has 275 valence electrons. The SMILES string of the molecule is CCC(CC)C(=O)/C=C(\O)C(CC)CC.Cc1ccc2cnc3c(c2c1)C(C)(C)c1ccc(C(C)(C)C)c2oc4c(C(C)(C)C)c[c-]c-3c4c12.[Ir]. The number of carbonyl (C=O) groups excluding carboxylic acids is 1. The van der Waals surface area contributed by atoms with E-state index < -0.39 is 0 Å². The maximum absolute atomic E-state index is 11.7. The van der Waals surface area contributed by atoms with Crippen LogP contribution in [0.5, 0.6) is 0 Å². The number of aryl methyl sites for hydroxylation is 1. The third-order valence-electron chi connectivity index (χ3n) is 11.0. The van der Waals surface area contributed by atoms with Crippen molar-refractivity contribution in [3.05, 3.63) is 88.3 Å². The van der Waals surface area contributed by atoms with Gasteiger partial charge < -0.3 is 14.5 Å². The Morgan fingerprint density at radius 1 is 0.882 bits per heavy atom. The Bertz CT molecular complexity index is 2090. The van der Waals surface area contributed by atoms with Gasteiger partial charge in [0, 0.05) is 49.6 Å². The number of allylic oxidation sites excluding steroid dienone is 2. The number of nitrogens with zero attached hydrogens (tertiary/aromatic N) is 1. The zero-order valence-corrected chi connectivity index (χ0v) is 35.5. The fourth-order valence-corrected chi connectivity index (χ4v) is 7.83. The van der Waals surface area contributed by atoms with Gasteiger partial charge in [-0.2, -0.15) is 0 Å². The summed E-state index contributed by atoms with van der Waals surface area (Å²) in [5.41, 5.74) is 9.98. The molecule has 1 N–H and O–H groups in total. The van der Waals surface area contributed by atoms with E-state index in [0.29, 0.717) is 0 Å². The first-order valence-electron chi connectivity index (χ1n) is 18.7. The molecule has 0 spiro atoms. The van der Waals surface area contributed by atoms with Gasteiger partial charge in [0.1, 0.15) is 5.58 Å². The zero-order chi connectivity index (χ0) is 36.9. The van der Waals surface area contributed by atoms with Crippen molar-refractivity contribution >= 4 is 38.5 Å². The van der Waals surface area contributed by atoms with Crippen LogP contribution in [0, 0.1) is 24.8 Å². The second-order valence-corrected chi connectivity index (χ2v) is 16.9. The predicted octanol–water partition coefficient (Wildman–Crippen LogP) is 13.0. The topological polar surface area (TPSA) is 63.3 Å². The van der Waals surface area contributed by atoms with E-state index in [0.717, 1.165) is 48.1 Å². The Kier molecular flexibility index (Phi) is 11.9. The van der Waals surface area contributed by atoms with Gasteiger partial charge in [-0.05, 0) is 82.0 Å². The van der Waals surface area contributed by atoms with Gasteiger partial charge >= 0.3 is 0 Å². The van der Waals surface area contributed by atoms with Crippen molar-refractivity contribution in [2.45, 2.75) is 132 Å². The van der Waals surface area contributed by atoms with E-state index in [1.165, 1.54) is 55.4 Å². The van der Waals surface area contributed by atoms with Crippen LogP contribution in [0.4, 0.5) is 0 Å². The molecule has 0 fully saturated rings. The van der Waals surface area contributed by atoms with Crippen molar-refractivity contribution in [2.75, 3.05) is 0 Å². The summed E-state index contributed by atoms with van der Waals surface area (Å²) in [4.78, 5) is 16.8. The van der Waals surface area contributed by atoms with Crippen LogP contribution in [0.25, 0.3) is 44.0 Å². The van der Waals surface area contributed by atoms with Crippen molar-refractivity contribution in [1.29, 1.82) is 0 Å². The van der Waals surface area contributed by atoms with Gasteiger partial charge in [0.2, 0.25) is 0 Å². The molecular formula is C46H58IrNO3-. The number of hydrogen-bond acceptors (Lipinski definition) is 4. The van der Waals surface area contributed by atoms with Crippen LogP contribution in [0.15, 0.2) is 58.8 Å². The van der Waals surface area contributed by atoms with Crippen LogP contribution in [-0.4, -0.2) is 15.9 Å². The van der Waals surface area contributed by atoms with Crippen molar-refractivity contribution in [3.8, 4) is 11.3 Å². The predicted molar refractivity (Wildman–Crippen MR) is 211 cm³/mol. The molecule has 4 nitrogen and oxygen atoms in total. The summed E-state index contributed by atoms with van der Waals surface area (Å²) in [6.45, 7) is 28.5. The van der Waals surface area contributed by atoms with E-state index >= 15 is 0 Å². The van der Waals surface area contributed by atoms with Gasteiger partial charge in [0.25, 0.3) is 0 Å². The Morgan fingerprint density at radius 3 is 2.04 bits per heavy atom. The van der Waals surface area contributed by atoms with E-state index in [-0.39, 0.29) is 59.7 Å². The van der Waals surface area contributed by atoms with Crippen LogP contribution in [0.2, 0.25) is 0 Å². The van der Waals surface area contributed by atoms with E-state index in [9.17, 15) is 9.90 Å². The third-order valence-corrected chi connectivity index (χ3v) is 11.0. The summed E-state index contributed by atoms with van der Waals surface area (Å²) >= 11 is 0. The molecule has 2 heterocycles. The molecule has 0 bridgehead atoms. The maximum Gasteiger partial charge on any atom is 0.162 e. The Morgan fingerprint density at radius 2 is 1.47 bits per heavy atom. The number of aromatic nitrogens is 1. The maximum atomic E-state index is 11.7. The molecule has 0 atom stereocenters. The van der Waals surface area contributed by atoms with Crippen molar-refractivity contribution in [3.63, 3.8) is 0 Å². The van der Waals surface area contributed by atoms with Crippen molar-refractivity contribution in [2.24, 2.45) is 11.8 Å². The molecule has 1 radical (unpaired) electrons. The fraction of sp³-hybridized carbons (Fsp3) is 0.478. The molecule has 0 saturated heterocycles. The van der Waals surface area contributed by atoms with Gasteiger partial charge in [-0.25, -0.2) is 0 Å². The molecular weight excluding hydrogens is 807 g/mol. The molecule has 0 amide bonds. The van der Waals surface area contributed by atoms with Gasteiger partial charge in [-0.15, -0.1) is 17.7 Å². The monoisotopic (exact) mass is 865 g/mol. The van der Waals surface area contributed by atoms with Crippen LogP contribution in [0.1, 0.15) is 137 Å². The largest absolute Gasteiger partial charge is 0.512 e. The first-order chi connectivity index (χ1) is 23.4. The number of hydrogen-bond donors (Lipinski definition) is 1. The fourth-order valence-electron chi connectivity index (χ4n) is 7.83. The molecule has 0 unspecified atom stereocenters. The smallest absolute Gasteiger partial charge is 0.162 e. The van der Waals surface area contributed by atoms with Gasteiger partial charge in [-0.3, -0.25) is 4.79 Å². The molecule has 0 aliphatic heterocycles. The van der Waals surface area contributed by atoms with Crippen LogP contribution in [-0.2, 0) is 41.1 Å². The first-order valence-corrected chi connectivity index (χ1v) is 18.7. The number of pyridine rings is 1. The van der Waals surface area contributed by atoms with Crippen LogP contribution in [0.3, 0.4) is 0 Å². The number of aliphatic hydroxyl groups excluding tert-OH is 1. The number of ketones is 1. The number of fused-ring (bicyclic) bond motifs is 4. The average Bonchev–Trinajstić information content (AvgIpc) is 3.40. The van der Waals surface area contributed by atoms with E-state index in [4.69, 9.17) is 9.40 Å². The second-order valence-electron chi connectivity index (χ2n) is 16.9. The summed E-state index contributed by atoms with van der Waals surface area (Å²) in [6, 6.07) is 17.2. The summed E-state index contributed by atoms with van der Waals surface area (Å²) in [6.07, 6.45) is 6.93. The van der Waals surface area contributed by atoms with E-state index in [2.05, 4.69) is 105 Å². The summed E-state index contributed by atoms with van der Waals surface area (Å²) in [7, 11) is 0. The second kappa shape index (κ2) is 15.0. The minimum Gasteiger partial charge on any atom is -0.512 e. The molecule has 3 aromatic carbocycles. The average molecular weight is 865 g/mol. The summed E-state index contributed by atoms with van der Waals surface area (Å²) in [5, 5.41) is 14.6. The molecule has 5 aromatic rings. The minimum absolute atomic E-state index is 0. The number of rotatable bonds is 7. The Hall–Kier alpha value is -3.27. The summed E-state index contributed by atoms with van der Waals surface area (Å²) in [5.74, 6) is 0.547. The standard InChI is InChI=1S/C33H34NO.C13H24O2.Ir/c1-18-10-11-19-17-34-28-20-12-13-23(31(2,3)4)29-25(20)26-22(33(8,9)27(28)21(19)16-18)14-15-24(30(26)35-29)32(5,6)7;1-5-10(6-2)12(14)9-13(15)11(7-3)8-4;/h10-11,13-17H,1-9H3;9-11,14H,5-8H2,1-4H3;/q-1;;/b;12-9-;. The van der Waals surface area contributed by atoms with Crippen LogP contribution >= 0.6 is 0 Å². The summed E-state index contributed by atoms with van der Waals surface area (Å²) < 4.78 is 6.89. The molecule has 6 rings (SSSR count). The van der Waals surface area contributed by atoms with Crippen LogP contribution < -0.4 is 0 Å². The van der Waals surface area contributed by atoms with E-state index in [1.807, 2.05) is 33.9 Å². The quantitative estimate of drug-likeness (QED) is 0.101. The molecule has 1 aliphatic rings. The minimum atomic E-state index is -0.268. The molecule has 1 aliphatic carbocycles. The molecule has 2 aromatic heterocycles. The Balaban J connectivity index is 0.000000312. The number of carbonyl (C=O) groups is 1. The number of benzene rings is 3. The first kappa shape index (κ1) is 40.5. The zero-order valence-electron chi connectivity index (χ0n) is 33.1. The van der Waals surface area contributed by atoms with Gasteiger partial charge in [0.15, 0.2) is 5.78 Å². The molecule has 0 saturated carbocycles. The molecule has 5 heteroatoms. The third kappa shape index (κ3) is 7.36. The normalized spacial score (nSPS) is 14.1. The van der Waals surface area contributed by atoms with E-state index in [1.54, 1.807) is 0 Å². The van der Waals surface area contributed by atoms with Crippen molar-refractivity contribution in [1.82, 2.24) is 4.98 Å². The number of aliphatic hydroxyl groups is 1. The van der Waals surface area contributed by atoms with Crippen molar-refractivity contribution < 1.29 is 34.4 Å².